The molecular formula is C17H27N. The first-order valence-corrected chi connectivity index (χ1v) is 7.49. The first-order valence-electron chi connectivity index (χ1n) is 7.49. The number of hydrogen-bond donors (Lipinski definition) is 1. The summed E-state index contributed by atoms with van der Waals surface area (Å²) in [5.74, 6) is 0.881. The minimum atomic E-state index is 0.461. The topological polar surface area (TPSA) is 12.0 Å². The Hall–Kier alpha value is -0.820. The van der Waals surface area contributed by atoms with Gasteiger partial charge in [0, 0.05) is 12.1 Å². The first kappa shape index (κ1) is 13.6. The Labute approximate surface area is 112 Å². The average molecular weight is 245 g/mol. The van der Waals surface area contributed by atoms with E-state index in [-0.39, 0.29) is 0 Å². The van der Waals surface area contributed by atoms with E-state index >= 15 is 0 Å². The van der Waals surface area contributed by atoms with Gasteiger partial charge in [-0.05, 0) is 45.1 Å². The maximum atomic E-state index is 3.79. The maximum absolute atomic E-state index is 3.79. The van der Waals surface area contributed by atoms with Crippen molar-refractivity contribution in [1.82, 2.24) is 5.32 Å². The molecule has 2 rings (SSSR count). The smallest absolute Gasteiger partial charge is 0.0294 e. The summed E-state index contributed by atoms with van der Waals surface area (Å²) in [5, 5.41) is 3.79. The van der Waals surface area contributed by atoms with Crippen LogP contribution in [0.4, 0.5) is 0 Å². The van der Waals surface area contributed by atoms with Crippen LogP contribution in [0.5, 0.6) is 0 Å². The monoisotopic (exact) mass is 245 g/mol. The van der Waals surface area contributed by atoms with E-state index in [0.29, 0.717) is 12.1 Å². The molecular weight excluding hydrogens is 218 g/mol. The fourth-order valence-electron chi connectivity index (χ4n) is 3.12. The molecule has 1 aliphatic carbocycles. The molecule has 1 nitrogen and oxygen atoms in total. The SMILES string of the molecule is Cc1ccc([C@@H](C)NC(C)C2CCCCC2)cc1. The van der Waals surface area contributed by atoms with Gasteiger partial charge in [-0.25, -0.2) is 0 Å². The Bertz CT molecular complexity index is 348. The third kappa shape index (κ3) is 3.58. The van der Waals surface area contributed by atoms with E-state index in [2.05, 4.69) is 50.4 Å². The predicted octanol–water partition coefficient (Wildman–Crippen LogP) is 4.61. The fraction of sp³-hybridized carbons (Fsp3) is 0.647. The Morgan fingerprint density at radius 1 is 1.00 bits per heavy atom. The standard InChI is InChI=1S/C17H27N/c1-13-9-11-17(12-10-13)15(3)18-14(2)16-7-5-4-6-8-16/h9-12,14-16,18H,4-8H2,1-3H3/t14?,15-/m1/s1. The molecule has 1 N–H and O–H groups in total. The van der Waals surface area contributed by atoms with Gasteiger partial charge in [-0.2, -0.15) is 0 Å². The van der Waals surface area contributed by atoms with Crippen molar-refractivity contribution in [1.29, 1.82) is 0 Å². The van der Waals surface area contributed by atoms with E-state index < -0.39 is 0 Å². The zero-order chi connectivity index (χ0) is 13.0. The van der Waals surface area contributed by atoms with Crippen LogP contribution < -0.4 is 5.32 Å². The predicted molar refractivity (Wildman–Crippen MR) is 78.8 cm³/mol. The van der Waals surface area contributed by atoms with Gasteiger partial charge in [0.05, 0.1) is 0 Å². The van der Waals surface area contributed by atoms with Gasteiger partial charge in [0.15, 0.2) is 0 Å². The lowest BCUT2D eigenvalue weighted by molar-refractivity contribution is 0.268. The lowest BCUT2D eigenvalue weighted by Gasteiger charge is -2.30. The van der Waals surface area contributed by atoms with Crippen molar-refractivity contribution >= 4 is 0 Å². The van der Waals surface area contributed by atoms with Crippen LogP contribution >= 0.6 is 0 Å². The van der Waals surface area contributed by atoms with E-state index in [1.54, 1.807) is 0 Å². The summed E-state index contributed by atoms with van der Waals surface area (Å²) in [6, 6.07) is 10.0. The van der Waals surface area contributed by atoms with Crippen LogP contribution in [0.2, 0.25) is 0 Å². The molecule has 1 aromatic rings. The molecule has 1 aromatic carbocycles. The largest absolute Gasteiger partial charge is 0.307 e. The summed E-state index contributed by atoms with van der Waals surface area (Å²) >= 11 is 0. The quantitative estimate of drug-likeness (QED) is 0.816. The van der Waals surface area contributed by atoms with Crippen LogP contribution in [0.3, 0.4) is 0 Å². The van der Waals surface area contributed by atoms with Crippen LogP contribution in [0.15, 0.2) is 24.3 Å². The molecule has 0 bridgehead atoms. The molecule has 0 radical (unpaired) electrons. The van der Waals surface area contributed by atoms with E-state index in [0.717, 1.165) is 5.92 Å². The molecule has 100 valence electrons. The van der Waals surface area contributed by atoms with Crippen LogP contribution in [0, 0.1) is 12.8 Å². The molecule has 0 aromatic heterocycles. The summed E-state index contributed by atoms with van der Waals surface area (Å²) in [5.41, 5.74) is 2.74. The van der Waals surface area contributed by atoms with E-state index in [9.17, 15) is 0 Å². The van der Waals surface area contributed by atoms with Gasteiger partial charge in [-0.15, -0.1) is 0 Å². The summed E-state index contributed by atoms with van der Waals surface area (Å²) in [6.07, 6.45) is 7.12. The van der Waals surface area contributed by atoms with Crippen molar-refractivity contribution in [2.24, 2.45) is 5.92 Å². The number of nitrogens with one attached hydrogen (secondary N) is 1. The molecule has 18 heavy (non-hydrogen) atoms. The summed E-state index contributed by atoms with van der Waals surface area (Å²) in [4.78, 5) is 0. The summed E-state index contributed by atoms with van der Waals surface area (Å²) in [6.45, 7) is 6.79. The molecule has 1 saturated carbocycles. The second kappa shape index (κ2) is 6.38. The third-order valence-electron chi connectivity index (χ3n) is 4.45. The fourth-order valence-corrected chi connectivity index (χ4v) is 3.12. The maximum Gasteiger partial charge on any atom is 0.0294 e. The number of hydrogen-bond acceptors (Lipinski definition) is 1. The Balaban J connectivity index is 1.89. The van der Waals surface area contributed by atoms with Crippen molar-refractivity contribution in [3.63, 3.8) is 0 Å². The van der Waals surface area contributed by atoms with Crippen LogP contribution in [0.25, 0.3) is 0 Å². The first-order chi connectivity index (χ1) is 8.66. The van der Waals surface area contributed by atoms with Gasteiger partial charge < -0.3 is 5.32 Å². The molecule has 0 heterocycles. The highest BCUT2D eigenvalue weighted by Gasteiger charge is 2.21. The van der Waals surface area contributed by atoms with Crippen molar-refractivity contribution in [2.75, 3.05) is 0 Å². The van der Waals surface area contributed by atoms with Gasteiger partial charge in [0.25, 0.3) is 0 Å². The summed E-state index contributed by atoms with van der Waals surface area (Å²) < 4.78 is 0. The number of benzene rings is 1. The number of aryl methyl sites for hydroxylation is 1. The Kier molecular flexibility index (Phi) is 4.82. The molecule has 1 heteroatoms. The number of rotatable bonds is 4. The zero-order valence-corrected chi connectivity index (χ0v) is 12.1. The molecule has 1 fully saturated rings. The highest BCUT2D eigenvalue weighted by molar-refractivity contribution is 5.23. The normalized spacial score (nSPS) is 20.6. The highest BCUT2D eigenvalue weighted by Crippen LogP contribution is 2.27. The molecule has 0 aliphatic heterocycles. The van der Waals surface area contributed by atoms with Crippen LogP contribution in [-0.4, -0.2) is 6.04 Å². The second-order valence-corrected chi connectivity index (χ2v) is 5.99. The van der Waals surface area contributed by atoms with Gasteiger partial charge >= 0.3 is 0 Å². The molecule has 0 saturated heterocycles. The second-order valence-electron chi connectivity index (χ2n) is 5.99. The summed E-state index contributed by atoms with van der Waals surface area (Å²) in [7, 11) is 0. The van der Waals surface area contributed by atoms with Crippen molar-refractivity contribution in [2.45, 2.75) is 65.0 Å². The van der Waals surface area contributed by atoms with Gasteiger partial charge in [-0.1, -0.05) is 49.1 Å². The Morgan fingerprint density at radius 3 is 2.22 bits per heavy atom. The Morgan fingerprint density at radius 2 is 1.61 bits per heavy atom. The van der Waals surface area contributed by atoms with Gasteiger partial charge in [0.1, 0.15) is 0 Å². The molecule has 1 aliphatic rings. The highest BCUT2D eigenvalue weighted by atomic mass is 14.9. The molecule has 0 spiro atoms. The van der Waals surface area contributed by atoms with Gasteiger partial charge in [0.2, 0.25) is 0 Å². The average Bonchev–Trinajstić information content (AvgIpc) is 2.40. The zero-order valence-electron chi connectivity index (χ0n) is 12.1. The molecule has 1 unspecified atom stereocenters. The van der Waals surface area contributed by atoms with E-state index in [4.69, 9.17) is 0 Å². The van der Waals surface area contributed by atoms with Gasteiger partial charge in [-0.3, -0.25) is 0 Å². The minimum Gasteiger partial charge on any atom is -0.307 e. The lowest BCUT2D eigenvalue weighted by Crippen LogP contribution is -2.36. The van der Waals surface area contributed by atoms with Crippen LogP contribution in [0.1, 0.15) is 63.1 Å². The van der Waals surface area contributed by atoms with Crippen molar-refractivity contribution in [3.05, 3.63) is 35.4 Å². The van der Waals surface area contributed by atoms with Crippen LogP contribution in [-0.2, 0) is 0 Å². The molecule has 2 atom stereocenters. The minimum absolute atomic E-state index is 0.461. The van der Waals surface area contributed by atoms with Crippen molar-refractivity contribution < 1.29 is 0 Å². The third-order valence-corrected chi connectivity index (χ3v) is 4.45. The molecule has 0 amide bonds. The van der Waals surface area contributed by atoms with E-state index in [1.807, 2.05) is 0 Å². The van der Waals surface area contributed by atoms with Crippen molar-refractivity contribution in [3.8, 4) is 0 Å². The van der Waals surface area contributed by atoms with E-state index in [1.165, 1.54) is 43.2 Å². The lowest BCUT2D eigenvalue weighted by atomic mass is 9.84.